The van der Waals surface area contributed by atoms with Crippen LogP contribution < -0.4 is 46.1 Å². The number of hydrogen-bond acceptors (Lipinski definition) is 19. The number of alkyl halides is 1. The van der Waals surface area contributed by atoms with E-state index in [1.807, 2.05) is 30.3 Å². The summed E-state index contributed by atoms with van der Waals surface area (Å²) in [4.78, 5) is 109. The summed E-state index contributed by atoms with van der Waals surface area (Å²) in [5.41, 5.74) is -0.630. The first kappa shape index (κ1) is 66.3. The number of benzene rings is 8. The Morgan fingerprint density at radius 3 is 1.95 bits per heavy atom. The molecule has 0 spiro atoms. The van der Waals surface area contributed by atoms with Gasteiger partial charge in [-0.1, -0.05) is 99.8 Å². The van der Waals surface area contributed by atoms with Gasteiger partial charge in [-0.3, -0.25) is 33.7 Å². The van der Waals surface area contributed by atoms with E-state index < -0.39 is 141 Å². The molecule has 8 atom stereocenters. The Labute approximate surface area is 569 Å². The van der Waals surface area contributed by atoms with Crippen LogP contribution in [0.3, 0.4) is 0 Å². The lowest BCUT2D eigenvalue weighted by Gasteiger charge is -2.32. The number of hydrogen-bond donors (Lipinski definition) is 13. The van der Waals surface area contributed by atoms with Gasteiger partial charge in [-0.2, -0.15) is 0 Å². The largest absolute Gasteiger partial charge is 0.508 e. The molecule has 14 rings (SSSR count). The molecule has 25 nitrogen and oxygen atoms in total. The first-order valence-electron chi connectivity index (χ1n) is 30.0. The summed E-state index contributed by atoms with van der Waals surface area (Å²) in [7, 11) is 1.67. The lowest BCUT2D eigenvalue weighted by Crippen LogP contribution is -2.55. The fourth-order valence-corrected chi connectivity index (χ4v) is 12.6. The maximum Gasteiger partial charge on any atom is 0.333 e. The number of carbonyl (C=O) groups is 7. The minimum Gasteiger partial charge on any atom is -0.508 e. The predicted octanol–water partition coefficient (Wildman–Crippen LogP) is 8.40. The van der Waals surface area contributed by atoms with Gasteiger partial charge in [0.2, 0.25) is 41.2 Å². The summed E-state index contributed by atoms with van der Waals surface area (Å²) in [6.07, 6.45) is -2.08. The number of phenols is 6. The highest BCUT2D eigenvalue weighted by Crippen LogP contribution is 2.48. The van der Waals surface area contributed by atoms with Crippen LogP contribution in [0.1, 0.15) is 87.2 Å². The molecule has 6 aliphatic heterocycles. The molecule has 6 amide bonds. The quantitative estimate of drug-likeness (QED) is 0.0404. The number of aliphatic hydroxyl groups is 1. The molecule has 0 aliphatic carbocycles. The number of halogens is 3. The second kappa shape index (κ2) is 27.5. The second-order valence-electron chi connectivity index (χ2n) is 23.3. The van der Waals surface area contributed by atoms with E-state index in [-0.39, 0.29) is 93.0 Å². The molecule has 0 saturated heterocycles. The van der Waals surface area contributed by atoms with Crippen LogP contribution in [0.2, 0.25) is 10.0 Å². The number of nitrogens with one attached hydrogen (secondary N) is 6. The van der Waals surface area contributed by atoms with E-state index >= 15 is 28.8 Å². The molecule has 97 heavy (non-hydrogen) atoms. The van der Waals surface area contributed by atoms with Gasteiger partial charge in [0.15, 0.2) is 29.0 Å². The zero-order chi connectivity index (χ0) is 68.7. The molecule has 0 radical (unpaired) electrons. The summed E-state index contributed by atoms with van der Waals surface area (Å²) < 4.78 is 24.4. The molecular weight excluding hydrogens is 1370 g/mol. The number of ether oxygens (including phenoxy) is 4. The molecule has 0 fully saturated rings. The standard InChI is InChI=1S/C69H58BrCl2N7O18/c1-79(30-32-6-3-2-4-7-32)60-34-11-16-46(82)50(23-34)96-39-28-42(54(72)48(84)29-39)57-66(90)75-56-36-24-51(95-38-13-8-31(9-14-38)20-44(63(87)76-57)73-68(60)92)62(86)52(25-36)97-49-17-12-35(22-43(49)71)61(85)59-67(91)77-58(69(93)94-19-5-18-70)41-26-37(80)27-47(83)53(41)40-21-33(10-15-45(40)81)55(64(88)78-59)74-65(56)89/h2-4,6-17,21-29,44,55-61,80-86H,5,18-20,30H2,1H3,(H,73,92)(H,74,89)(H,75,90)(H,76,87)(H,77,91)(H,78,88). The Bertz CT molecular complexity index is 4510. The van der Waals surface area contributed by atoms with Crippen molar-refractivity contribution in [1.29, 1.82) is 0 Å². The van der Waals surface area contributed by atoms with Crippen molar-refractivity contribution >= 4 is 80.5 Å². The van der Waals surface area contributed by atoms with Crippen molar-refractivity contribution in [3.63, 3.8) is 0 Å². The van der Waals surface area contributed by atoms with Gasteiger partial charge in [0.25, 0.3) is 0 Å². The molecule has 8 aromatic carbocycles. The van der Waals surface area contributed by atoms with Crippen LogP contribution in [-0.4, -0.2) is 113 Å². The number of esters is 1. The first-order chi connectivity index (χ1) is 46.5. The van der Waals surface area contributed by atoms with Crippen LogP contribution in [0.4, 0.5) is 0 Å². The van der Waals surface area contributed by atoms with Crippen molar-refractivity contribution in [2.75, 3.05) is 19.0 Å². The maximum absolute atomic E-state index is 16.0. The SMILES string of the molecule is CN(Cc1ccccc1)C1C(=O)NC2Cc3ccc(cc3)Oc3cc4cc(c3O)Oc3ccc(cc3Cl)C(O)C3NC(=O)C(NC(=O)C4NC(=O)C(NC2=O)c2cc(cc(O)c2Cl)Oc2cc1ccc2O)c1ccc(O)c(c1)-c1c(O)cc(O)cc1C(C(=O)OCCCBr)NC3=O. The van der Waals surface area contributed by atoms with E-state index in [1.165, 1.54) is 60.7 Å². The number of amides is 6. The number of phenolic OH excluding ortho intramolecular Hbond substituents is 6. The number of likely N-dealkylation sites (N-methyl/N-ethyl adjacent to an activating group) is 1. The van der Waals surface area contributed by atoms with E-state index in [2.05, 4.69) is 47.8 Å². The smallest absolute Gasteiger partial charge is 0.333 e. The van der Waals surface area contributed by atoms with Crippen molar-refractivity contribution in [2.45, 2.75) is 67.8 Å². The Morgan fingerprint density at radius 2 is 1.22 bits per heavy atom. The molecule has 0 aromatic heterocycles. The Kier molecular flexibility index (Phi) is 18.8. The molecule has 6 heterocycles. The minimum absolute atomic E-state index is 0.0481. The van der Waals surface area contributed by atoms with Gasteiger partial charge in [0.1, 0.15) is 82.6 Å². The van der Waals surface area contributed by atoms with E-state index in [9.17, 15) is 40.5 Å². The summed E-state index contributed by atoms with van der Waals surface area (Å²) in [5.74, 6) is -13.5. The van der Waals surface area contributed by atoms with Crippen LogP contribution in [0, 0.1) is 0 Å². The third-order valence-electron chi connectivity index (χ3n) is 16.6. The second-order valence-corrected chi connectivity index (χ2v) is 24.8. The lowest BCUT2D eigenvalue weighted by molar-refractivity contribution is -0.149. The molecule has 17 bridgehead atoms. The highest BCUT2D eigenvalue weighted by atomic mass is 79.9. The van der Waals surface area contributed by atoms with Gasteiger partial charge >= 0.3 is 5.97 Å². The average molecular weight is 1420 g/mol. The third-order valence-corrected chi connectivity index (χ3v) is 17.9. The molecule has 0 saturated carbocycles. The zero-order valence-corrected chi connectivity index (χ0v) is 53.8. The van der Waals surface area contributed by atoms with Gasteiger partial charge in [0.05, 0.1) is 16.7 Å². The first-order valence-corrected chi connectivity index (χ1v) is 31.9. The number of aromatic hydroxyl groups is 6. The third kappa shape index (κ3) is 13.7. The molecular formula is C69H58BrCl2N7O18. The van der Waals surface area contributed by atoms with E-state index in [0.29, 0.717) is 16.5 Å². The number of rotatable bonds is 7. The van der Waals surface area contributed by atoms with Gasteiger partial charge in [-0.25, -0.2) is 4.79 Å². The summed E-state index contributed by atoms with van der Waals surface area (Å²) >= 11 is 17.1. The molecule has 28 heteroatoms. The van der Waals surface area contributed by atoms with Gasteiger partial charge < -0.3 is 86.6 Å². The highest BCUT2D eigenvalue weighted by molar-refractivity contribution is 9.09. The number of nitrogens with zero attached hydrogens (tertiary/aromatic N) is 1. The average Bonchev–Trinajstić information content (AvgIpc) is 0.771. The van der Waals surface area contributed by atoms with Crippen LogP contribution in [0.5, 0.6) is 69.0 Å². The Balaban J connectivity index is 1.05. The zero-order valence-electron chi connectivity index (χ0n) is 50.7. The van der Waals surface area contributed by atoms with Crippen molar-refractivity contribution in [3.8, 4) is 80.1 Å². The van der Waals surface area contributed by atoms with Gasteiger partial charge in [-0.05, 0) is 120 Å². The Hall–Kier alpha value is -10.8. The highest BCUT2D eigenvalue weighted by Gasteiger charge is 2.42. The summed E-state index contributed by atoms with van der Waals surface area (Å²) in [6.45, 7) is -0.0122. The fourth-order valence-electron chi connectivity index (χ4n) is 11.9. The summed E-state index contributed by atoms with van der Waals surface area (Å²) in [6, 6.07) is 19.6. The maximum atomic E-state index is 16.0. The van der Waals surface area contributed by atoms with Crippen molar-refractivity contribution in [1.82, 2.24) is 36.8 Å². The van der Waals surface area contributed by atoms with Crippen molar-refractivity contribution in [3.05, 3.63) is 200 Å². The molecule has 13 N–H and O–H groups in total. The van der Waals surface area contributed by atoms with Gasteiger partial charge in [-0.15, -0.1) is 0 Å². The van der Waals surface area contributed by atoms with Crippen LogP contribution in [0.25, 0.3) is 11.1 Å². The molecule has 8 aromatic rings. The topological polar surface area (TPSA) is 373 Å². The van der Waals surface area contributed by atoms with E-state index in [0.717, 1.165) is 48.0 Å². The number of carbonyl (C=O) groups excluding carboxylic acids is 7. The molecule has 8 unspecified atom stereocenters. The molecule has 6 aliphatic rings. The Morgan fingerprint density at radius 1 is 0.567 bits per heavy atom. The normalized spacial score (nSPS) is 20.8. The van der Waals surface area contributed by atoms with Crippen molar-refractivity contribution < 1.29 is 88.3 Å². The minimum atomic E-state index is -2.17. The van der Waals surface area contributed by atoms with Crippen LogP contribution in [0.15, 0.2) is 146 Å². The molecule has 498 valence electrons. The monoisotopic (exact) mass is 1420 g/mol. The predicted molar refractivity (Wildman–Crippen MR) is 350 cm³/mol. The fraction of sp³-hybridized carbons (Fsp3) is 0.203. The number of fused-ring (bicyclic) bond motifs is 14. The van der Waals surface area contributed by atoms with E-state index in [4.69, 9.17) is 42.1 Å². The number of aliphatic hydroxyl groups excluding tert-OH is 1. The van der Waals surface area contributed by atoms with E-state index in [1.54, 1.807) is 24.1 Å². The lowest BCUT2D eigenvalue weighted by atomic mass is 9.89. The van der Waals surface area contributed by atoms with Gasteiger partial charge in [0, 0.05) is 52.7 Å². The van der Waals surface area contributed by atoms with Crippen LogP contribution in [-0.2, 0) is 51.3 Å². The summed E-state index contributed by atoms with van der Waals surface area (Å²) in [5, 5.41) is 97.3. The van der Waals surface area contributed by atoms with Crippen molar-refractivity contribution in [2.24, 2.45) is 0 Å². The van der Waals surface area contributed by atoms with Crippen LogP contribution >= 0.6 is 39.1 Å².